The molecule has 3 heteroatoms. The summed E-state index contributed by atoms with van der Waals surface area (Å²) in [4.78, 5) is 0. The first kappa shape index (κ1) is 17.3. The molecule has 0 amide bonds. The number of rotatable bonds is 4. The Morgan fingerprint density at radius 3 is 1.40 bits per heavy atom. The smallest absolute Gasteiger partial charge is 0.0496 e. The Kier molecular flexibility index (Phi) is 9.31. The van der Waals surface area contributed by atoms with Gasteiger partial charge in [-0.05, 0) is 6.92 Å². The van der Waals surface area contributed by atoms with Gasteiger partial charge in [0.05, 0.1) is 0 Å². The van der Waals surface area contributed by atoms with Crippen molar-refractivity contribution in [3.8, 4) is 0 Å². The van der Waals surface area contributed by atoms with Crippen LogP contribution in [0.2, 0.25) is 0 Å². The molecular formula is C12H30N2O. The fraction of sp³-hybridized carbons (Fsp3) is 1.00. The second-order valence-electron chi connectivity index (χ2n) is 5.41. The normalized spacial score (nSPS) is 13.8. The minimum atomic E-state index is -0.125. The summed E-state index contributed by atoms with van der Waals surface area (Å²) >= 11 is 0. The number of nitrogens with two attached hydrogens (primary N) is 1. The second kappa shape index (κ2) is 8.08. The summed E-state index contributed by atoms with van der Waals surface area (Å²) in [6.07, 6.45) is 0. The predicted octanol–water partition coefficient (Wildman–Crippen LogP) is 1.74. The van der Waals surface area contributed by atoms with Gasteiger partial charge < -0.3 is 16.2 Å². The van der Waals surface area contributed by atoms with Crippen molar-refractivity contribution in [3.63, 3.8) is 0 Å². The first-order chi connectivity index (χ1) is 6.63. The Hall–Kier alpha value is -0.120. The zero-order valence-electron chi connectivity index (χ0n) is 11.5. The Morgan fingerprint density at radius 2 is 1.40 bits per heavy atom. The highest BCUT2D eigenvalue weighted by Gasteiger charge is 2.20. The molecule has 0 aromatic carbocycles. The van der Waals surface area contributed by atoms with Gasteiger partial charge in [-0.2, -0.15) is 0 Å². The molecule has 0 spiro atoms. The van der Waals surface area contributed by atoms with E-state index in [1.54, 1.807) is 0 Å². The van der Waals surface area contributed by atoms with Crippen molar-refractivity contribution >= 4 is 0 Å². The lowest BCUT2D eigenvalue weighted by molar-refractivity contribution is 0.138. The van der Waals surface area contributed by atoms with Crippen LogP contribution in [0.3, 0.4) is 0 Å². The zero-order chi connectivity index (χ0) is 12.6. The van der Waals surface area contributed by atoms with Gasteiger partial charge in [-0.1, -0.05) is 41.5 Å². The summed E-state index contributed by atoms with van der Waals surface area (Å²) in [6, 6.07) is 1.31. The van der Waals surface area contributed by atoms with E-state index in [1.807, 2.05) is 20.8 Å². The highest BCUT2D eigenvalue weighted by atomic mass is 16.3. The van der Waals surface area contributed by atoms with Crippen molar-refractivity contribution < 1.29 is 5.11 Å². The van der Waals surface area contributed by atoms with Gasteiger partial charge >= 0.3 is 0 Å². The van der Waals surface area contributed by atoms with Gasteiger partial charge in [0.25, 0.3) is 0 Å². The quantitative estimate of drug-likeness (QED) is 0.674. The molecule has 3 nitrogen and oxygen atoms in total. The summed E-state index contributed by atoms with van der Waals surface area (Å²) in [5.74, 6) is 0. The molecular weight excluding hydrogens is 188 g/mol. The summed E-state index contributed by atoms with van der Waals surface area (Å²) < 4.78 is 0. The number of aliphatic hydroxyl groups is 1. The van der Waals surface area contributed by atoms with Crippen molar-refractivity contribution in [2.24, 2.45) is 11.1 Å². The molecule has 0 aliphatic heterocycles. The van der Waals surface area contributed by atoms with Gasteiger partial charge in [-0.25, -0.2) is 0 Å². The molecule has 0 bridgehead atoms. The molecule has 0 fully saturated rings. The van der Waals surface area contributed by atoms with E-state index in [4.69, 9.17) is 10.8 Å². The molecule has 0 saturated carbocycles. The molecule has 1 atom stereocenters. The lowest BCUT2D eigenvalue weighted by Gasteiger charge is -2.25. The van der Waals surface area contributed by atoms with Crippen LogP contribution in [0.5, 0.6) is 0 Å². The zero-order valence-corrected chi connectivity index (χ0v) is 11.5. The molecule has 1 unspecified atom stereocenters. The predicted molar refractivity (Wildman–Crippen MR) is 67.9 cm³/mol. The summed E-state index contributed by atoms with van der Waals surface area (Å²) in [5.41, 5.74) is 5.40. The molecule has 0 aliphatic rings. The number of aliphatic hydroxyl groups excluding tert-OH is 1. The van der Waals surface area contributed by atoms with Crippen LogP contribution < -0.4 is 11.1 Å². The molecule has 0 aromatic heterocycles. The minimum Gasteiger partial charge on any atom is -0.396 e. The SMILES string of the molecule is CC(C)NC(C)C.CC(N)C(C)(C)CO. The van der Waals surface area contributed by atoms with Crippen LogP contribution in [0.1, 0.15) is 48.5 Å². The molecule has 0 aromatic rings. The second-order valence-corrected chi connectivity index (χ2v) is 5.41. The van der Waals surface area contributed by atoms with Gasteiger partial charge in [-0.3, -0.25) is 0 Å². The Morgan fingerprint density at radius 1 is 1.07 bits per heavy atom. The van der Waals surface area contributed by atoms with Gasteiger partial charge in [0.1, 0.15) is 0 Å². The van der Waals surface area contributed by atoms with Gasteiger partial charge in [0.15, 0.2) is 0 Å². The van der Waals surface area contributed by atoms with Gasteiger partial charge in [-0.15, -0.1) is 0 Å². The number of hydrogen-bond donors (Lipinski definition) is 3. The maximum Gasteiger partial charge on any atom is 0.0496 e. The molecule has 94 valence electrons. The number of nitrogens with one attached hydrogen (secondary N) is 1. The summed E-state index contributed by atoms with van der Waals surface area (Å²) in [5, 5.41) is 12.0. The van der Waals surface area contributed by atoms with Crippen molar-refractivity contribution in [1.29, 1.82) is 0 Å². The largest absolute Gasteiger partial charge is 0.396 e. The Bertz CT molecular complexity index is 137. The molecule has 0 aliphatic carbocycles. The van der Waals surface area contributed by atoms with Crippen LogP contribution >= 0.6 is 0 Å². The van der Waals surface area contributed by atoms with E-state index in [9.17, 15) is 0 Å². The Labute approximate surface area is 95.4 Å². The third-order valence-corrected chi connectivity index (χ3v) is 2.31. The van der Waals surface area contributed by atoms with E-state index in [2.05, 4.69) is 33.0 Å². The van der Waals surface area contributed by atoms with Crippen molar-refractivity contribution in [3.05, 3.63) is 0 Å². The lowest BCUT2D eigenvalue weighted by Crippen LogP contribution is -2.37. The van der Waals surface area contributed by atoms with Crippen LogP contribution in [0.15, 0.2) is 0 Å². The third kappa shape index (κ3) is 11.8. The van der Waals surface area contributed by atoms with E-state index in [1.165, 1.54) is 0 Å². The minimum absolute atomic E-state index is 0.0625. The summed E-state index contributed by atoms with van der Waals surface area (Å²) in [7, 11) is 0. The molecule has 0 radical (unpaired) electrons. The van der Waals surface area contributed by atoms with Crippen LogP contribution in [0, 0.1) is 5.41 Å². The number of hydrogen-bond acceptors (Lipinski definition) is 3. The highest BCUT2D eigenvalue weighted by molar-refractivity contribution is 4.75. The molecule has 0 heterocycles. The monoisotopic (exact) mass is 218 g/mol. The van der Waals surface area contributed by atoms with Gasteiger partial charge in [0, 0.05) is 30.1 Å². The van der Waals surface area contributed by atoms with E-state index >= 15 is 0 Å². The maximum atomic E-state index is 8.68. The maximum absolute atomic E-state index is 8.68. The van der Waals surface area contributed by atoms with Crippen LogP contribution in [0.4, 0.5) is 0 Å². The standard InChI is InChI=1S/C6H15NO.C6H15N/c1-5(7)6(2,3)4-8;1-5(2)7-6(3)4/h5,8H,4,7H2,1-3H3;5-7H,1-4H3. The average molecular weight is 218 g/mol. The third-order valence-electron chi connectivity index (χ3n) is 2.31. The molecule has 4 N–H and O–H groups in total. The van der Waals surface area contributed by atoms with Crippen molar-refractivity contribution in [1.82, 2.24) is 5.32 Å². The average Bonchev–Trinajstić information content (AvgIpc) is 2.02. The molecule has 15 heavy (non-hydrogen) atoms. The first-order valence-corrected chi connectivity index (χ1v) is 5.76. The van der Waals surface area contributed by atoms with E-state index < -0.39 is 0 Å². The van der Waals surface area contributed by atoms with Crippen molar-refractivity contribution in [2.45, 2.75) is 66.6 Å². The van der Waals surface area contributed by atoms with Crippen LogP contribution in [-0.2, 0) is 0 Å². The fourth-order valence-electron chi connectivity index (χ4n) is 0.811. The van der Waals surface area contributed by atoms with Crippen molar-refractivity contribution in [2.75, 3.05) is 6.61 Å². The fourth-order valence-corrected chi connectivity index (χ4v) is 0.811. The van der Waals surface area contributed by atoms with E-state index in [0.29, 0.717) is 12.1 Å². The Balaban J connectivity index is 0. The lowest BCUT2D eigenvalue weighted by atomic mass is 9.87. The van der Waals surface area contributed by atoms with Gasteiger partial charge in [0.2, 0.25) is 0 Å². The van der Waals surface area contributed by atoms with E-state index in [-0.39, 0.29) is 18.1 Å². The highest BCUT2D eigenvalue weighted by Crippen LogP contribution is 2.16. The molecule has 0 saturated heterocycles. The first-order valence-electron chi connectivity index (χ1n) is 5.76. The topological polar surface area (TPSA) is 58.3 Å². The molecule has 0 rings (SSSR count). The summed E-state index contributed by atoms with van der Waals surface area (Å²) in [6.45, 7) is 14.6. The van der Waals surface area contributed by atoms with Crippen LogP contribution in [-0.4, -0.2) is 29.8 Å². The van der Waals surface area contributed by atoms with E-state index in [0.717, 1.165) is 0 Å². The van der Waals surface area contributed by atoms with Crippen LogP contribution in [0.25, 0.3) is 0 Å².